The van der Waals surface area contributed by atoms with Crippen LogP contribution in [0.1, 0.15) is 24.8 Å². The fourth-order valence-electron chi connectivity index (χ4n) is 3.46. The van der Waals surface area contributed by atoms with Gasteiger partial charge in [0.2, 0.25) is 5.91 Å². The highest BCUT2D eigenvalue weighted by molar-refractivity contribution is 5.80. The highest BCUT2D eigenvalue weighted by Crippen LogP contribution is 2.29. The fraction of sp³-hybridized carbons (Fsp3) is 0.500. The number of amides is 1. The van der Waals surface area contributed by atoms with E-state index in [0.717, 1.165) is 45.4 Å². The van der Waals surface area contributed by atoms with E-state index in [4.69, 9.17) is 0 Å². The number of hydrogen-bond donors (Lipinski definition) is 1. The van der Waals surface area contributed by atoms with Crippen LogP contribution in [0.5, 0.6) is 0 Å². The van der Waals surface area contributed by atoms with Crippen molar-refractivity contribution < 1.29 is 4.79 Å². The van der Waals surface area contributed by atoms with Gasteiger partial charge in [0, 0.05) is 19.0 Å². The summed E-state index contributed by atoms with van der Waals surface area (Å²) in [5.41, 5.74) is 1.21. The topological polar surface area (TPSA) is 32.3 Å². The van der Waals surface area contributed by atoms with Crippen LogP contribution in [0.15, 0.2) is 42.5 Å². The van der Waals surface area contributed by atoms with Gasteiger partial charge in [0.1, 0.15) is 0 Å². The van der Waals surface area contributed by atoms with Crippen LogP contribution in [0, 0.1) is 11.8 Å². The van der Waals surface area contributed by atoms with Crippen molar-refractivity contribution in [1.29, 1.82) is 0 Å². The monoisotopic (exact) mass is 284 g/mol. The summed E-state index contributed by atoms with van der Waals surface area (Å²) in [4.78, 5) is 14.9. The number of allylic oxidation sites excluding steroid dienone is 1. The van der Waals surface area contributed by atoms with Gasteiger partial charge < -0.3 is 10.2 Å². The molecule has 1 fully saturated rings. The first-order valence-electron chi connectivity index (χ1n) is 8.03. The van der Waals surface area contributed by atoms with Crippen molar-refractivity contribution in [3.05, 3.63) is 48.0 Å². The second-order valence-electron chi connectivity index (χ2n) is 6.11. The third-order valence-corrected chi connectivity index (χ3v) is 4.68. The molecule has 112 valence electrons. The second-order valence-corrected chi connectivity index (χ2v) is 6.11. The predicted molar refractivity (Wildman–Crippen MR) is 84.7 cm³/mol. The quantitative estimate of drug-likeness (QED) is 0.865. The maximum Gasteiger partial charge on any atom is 0.226 e. The number of nitrogens with zero attached hydrogens (tertiary/aromatic N) is 1. The van der Waals surface area contributed by atoms with E-state index in [2.05, 4.69) is 29.6 Å². The molecule has 0 spiro atoms. The Labute approximate surface area is 127 Å². The molecule has 1 aromatic rings. The number of carbonyl (C=O) groups is 1. The molecule has 1 aromatic carbocycles. The smallest absolute Gasteiger partial charge is 0.226 e. The summed E-state index contributed by atoms with van der Waals surface area (Å²) in [6.07, 6.45) is 7.53. The lowest BCUT2D eigenvalue weighted by Crippen LogP contribution is -2.41. The minimum absolute atomic E-state index is 0.176. The molecule has 0 aromatic heterocycles. The van der Waals surface area contributed by atoms with E-state index in [0.29, 0.717) is 11.8 Å². The van der Waals surface area contributed by atoms with Crippen molar-refractivity contribution in [1.82, 2.24) is 10.2 Å². The van der Waals surface area contributed by atoms with E-state index < -0.39 is 0 Å². The third kappa shape index (κ3) is 3.53. The molecule has 1 atom stereocenters. The van der Waals surface area contributed by atoms with Gasteiger partial charge in [-0.15, -0.1) is 0 Å². The molecule has 21 heavy (non-hydrogen) atoms. The molecule has 0 bridgehead atoms. The van der Waals surface area contributed by atoms with E-state index in [9.17, 15) is 4.79 Å². The number of hydrogen-bond acceptors (Lipinski definition) is 2. The lowest BCUT2D eigenvalue weighted by molar-refractivity contribution is -0.137. The Morgan fingerprint density at radius 3 is 2.62 bits per heavy atom. The van der Waals surface area contributed by atoms with E-state index in [-0.39, 0.29) is 5.92 Å². The molecule has 3 rings (SSSR count). The molecule has 3 heteroatoms. The van der Waals surface area contributed by atoms with E-state index in [1.807, 2.05) is 23.1 Å². The Balaban J connectivity index is 1.71. The van der Waals surface area contributed by atoms with Gasteiger partial charge in [-0.2, -0.15) is 0 Å². The van der Waals surface area contributed by atoms with Gasteiger partial charge in [0.05, 0.1) is 0 Å². The number of carbonyl (C=O) groups excluding carboxylic acids is 1. The molecule has 0 aliphatic carbocycles. The molecule has 0 radical (unpaired) electrons. The van der Waals surface area contributed by atoms with Crippen molar-refractivity contribution in [3.63, 3.8) is 0 Å². The van der Waals surface area contributed by atoms with Crippen LogP contribution in [0.3, 0.4) is 0 Å². The molecular weight excluding hydrogens is 260 g/mol. The molecule has 2 heterocycles. The molecular formula is C18H24N2O. The molecule has 0 unspecified atom stereocenters. The second kappa shape index (κ2) is 6.90. The summed E-state index contributed by atoms with van der Waals surface area (Å²) in [5.74, 6) is 1.06. The third-order valence-electron chi connectivity index (χ3n) is 4.68. The van der Waals surface area contributed by atoms with Crippen molar-refractivity contribution >= 4 is 5.91 Å². The van der Waals surface area contributed by atoms with Crippen LogP contribution < -0.4 is 5.32 Å². The summed E-state index contributed by atoms with van der Waals surface area (Å²) in [6.45, 7) is 3.58. The first-order chi connectivity index (χ1) is 10.3. The zero-order chi connectivity index (χ0) is 14.5. The van der Waals surface area contributed by atoms with Gasteiger partial charge in [-0.05, 0) is 43.8 Å². The number of benzene rings is 1. The molecule has 2 aliphatic rings. The molecule has 1 N–H and O–H groups in total. The minimum atomic E-state index is 0.176. The molecule has 1 amide bonds. The highest BCUT2D eigenvalue weighted by atomic mass is 16.2. The largest absolute Gasteiger partial charge is 0.334 e. The summed E-state index contributed by atoms with van der Waals surface area (Å²) in [6, 6.07) is 10.3. The fourth-order valence-corrected chi connectivity index (χ4v) is 3.46. The van der Waals surface area contributed by atoms with E-state index in [1.54, 1.807) is 0 Å². The molecule has 1 saturated heterocycles. The van der Waals surface area contributed by atoms with Gasteiger partial charge in [-0.1, -0.05) is 42.5 Å². The van der Waals surface area contributed by atoms with Gasteiger partial charge in [-0.3, -0.25) is 4.79 Å². The Morgan fingerprint density at radius 1 is 1.10 bits per heavy atom. The summed E-state index contributed by atoms with van der Waals surface area (Å²) in [5, 5.41) is 3.39. The Hall–Kier alpha value is -1.61. The number of rotatable bonds is 3. The Morgan fingerprint density at radius 2 is 1.86 bits per heavy atom. The van der Waals surface area contributed by atoms with Gasteiger partial charge in [-0.25, -0.2) is 0 Å². The van der Waals surface area contributed by atoms with Crippen molar-refractivity contribution in [2.45, 2.75) is 25.8 Å². The van der Waals surface area contributed by atoms with Crippen molar-refractivity contribution in [2.24, 2.45) is 11.8 Å². The lowest BCUT2D eigenvalue weighted by atomic mass is 9.82. The lowest BCUT2D eigenvalue weighted by Gasteiger charge is -2.32. The average molecular weight is 284 g/mol. The average Bonchev–Trinajstić information content (AvgIpc) is 2.72. The Bertz CT molecular complexity index is 491. The molecule has 2 aliphatic heterocycles. The number of piperidine rings is 1. The zero-order valence-corrected chi connectivity index (χ0v) is 12.5. The zero-order valence-electron chi connectivity index (χ0n) is 12.5. The summed E-state index contributed by atoms with van der Waals surface area (Å²) in [7, 11) is 0. The highest BCUT2D eigenvalue weighted by Gasteiger charge is 2.32. The van der Waals surface area contributed by atoms with Gasteiger partial charge >= 0.3 is 0 Å². The van der Waals surface area contributed by atoms with Gasteiger partial charge in [0.25, 0.3) is 0 Å². The Kier molecular flexibility index (Phi) is 4.71. The summed E-state index contributed by atoms with van der Waals surface area (Å²) < 4.78 is 0. The standard InChI is InChI=1S/C18H24N2O/c21-18-17(16-9-11-19-12-10-16)8-4-5-13-20(18)14-15-6-2-1-3-7-15/h1-7,16-17,19H,8-14H2/t17-/m0/s1. The maximum atomic E-state index is 12.9. The molecule has 0 saturated carbocycles. The van der Waals surface area contributed by atoms with Gasteiger partial charge in [0.15, 0.2) is 0 Å². The predicted octanol–water partition coefficient (Wildman–Crippen LogP) is 2.59. The summed E-state index contributed by atoms with van der Waals surface area (Å²) >= 11 is 0. The first-order valence-corrected chi connectivity index (χ1v) is 8.03. The minimum Gasteiger partial charge on any atom is -0.334 e. The van der Waals surface area contributed by atoms with Crippen LogP contribution in [0.25, 0.3) is 0 Å². The van der Waals surface area contributed by atoms with Crippen molar-refractivity contribution in [2.75, 3.05) is 19.6 Å². The van der Waals surface area contributed by atoms with Crippen LogP contribution in [-0.2, 0) is 11.3 Å². The van der Waals surface area contributed by atoms with Crippen LogP contribution >= 0.6 is 0 Å². The van der Waals surface area contributed by atoms with Crippen LogP contribution in [0.2, 0.25) is 0 Å². The maximum absolute atomic E-state index is 12.9. The van der Waals surface area contributed by atoms with E-state index in [1.165, 1.54) is 5.56 Å². The van der Waals surface area contributed by atoms with E-state index >= 15 is 0 Å². The van der Waals surface area contributed by atoms with Crippen LogP contribution in [-0.4, -0.2) is 30.4 Å². The number of nitrogens with one attached hydrogen (secondary N) is 1. The normalized spacial score (nSPS) is 24.1. The van der Waals surface area contributed by atoms with Crippen molar-refractivity contribution in [3.8, 4) is 0 Å². The first kappa shape index (κ1) is 14.3. The molecule has 3 nitrogen and oxygen atoms in total. The SMILES string of the molecule is O=C1[C@H](C2CCNCC2)CC=CCN1Cc1ccccc1. The van der Waals surface area contributed by atoms with Crippen LogP contribution in [0.4, 0.5) is 0 Å².